The van der Waals surface area contributed by atoms with Gasteiger partial charge in [0, 0.05) is 18.7 Å². The minimum absolute atomic E-state index is 0.204. The Morgan fingerprint density at radius 2 is 1.91 bits per heavy atom. The molecule has 1 atom stereocenters. The topological polar surface area (TPSA) is 60.9 Å². The van der Waals surface area contributed by atoms with E-state index in [1.54, 1.807) is 16.2 Å². The van der Waals surface area contributed by atoms with Crippen LogP contribution in [0.5, 0.6) is 11.5 Å². The van der Waals surface area contributed by atoms with E-state index in [1.807, 2.05) is 51.1 Å². The molecule has 0 bridgehead atoms. The van der Waals surface area contributed by atoms with Crippen LogP contribution < -0.4 is 9.47 Å². The molecule has 2 aromatic carbocycles. The third kappa shape index (κ3) is 4.26. The maximum absolute atomic E-state index is 12.4. The molecular formula is C25H28N2O4S. The number of amides is 1. The molecular weight excluding hydrogens is 424 g/mol. The number of thiazole rings is 1. The van der Waals surface area contributed by atoms with E-state index >= 15 is 0 Å². The normalized spacial score (nSPS) is 19.2. The lowest BCUT2D eigenvalue weighted by Gasteiger charge is -2.35. The zero-order valence-corrected chi connectivity index (χ0v) is 19.5. The Labute approximate surface area is 192 Å². The molecule has 5 rings (SSSR count). The Hall–Kier alpha value is -2.80. The summed E-state index contributed by atoms with van der Waals surface area (Å²) < 4.78 is 19.3. The Balaban J connectivity index is 1.28. The lowest BCUT2D eigenvalue weighted by atomic mass is 9.88. The first kappa shape index (κ1) is 21.1. The van der Waals surface area contributed by atoms with Crippen LogP contribution in [-0.4, -0.2) is 41.3 Å². The minimum atomic E-state index is -0.475. The van der Waals surface area contributed by atoms with Gasteiger partial charge in [0.25, 0.3) is 0 Å². The Kier molecular flexibility index (Phi) is 5.45. The first-order valence-corrected chi connectivity index (χ1v) is 11.9. The van der Waals surface area contributed by atoms with E-state index in [4.69, 9.17) is 19.2 Å². The molecule has 1 unspecified atom stereocenters. The van der Waals surface area contributed by atoms with Gasteiger partial charge < -0.3 is 19.1 Å². The number of fused-ring (bicyclic) bond motifs is 2. The van der Waals surface area contributed by atoms with Crippen LogP contribution in [0.2, 0.25) is 0 Å². The van der Waals surface area contributed by atoms with Gasteiger partial charge in [0.05, 0.1) is 10.2 Å². The molecule has 1 fully saturated rings. The molecule has 0 N–H and O–H groups in total. The van der Waals surface area contributed by atoms with Crippen LogP contribution in [-0.2, 0) is 4.74 Å². The van der Waals surface area contributed by atoms with Gasteiger partial charge in [-0.2, -0.15) is 0 Å². The maximum Gasteiger partial charge on any atom is 0.410 e. The van der Waals surface area contributed by atoms with Crippen LogP contribution in [0, 0.1) is 0 Å². The molecule has 0 aliphatic carbocycles. The van der Waals surface area contributed by atoms with Gasteiger partial charge in [0.1, 0.15) is 17.2 Å². The number of nitrogens with zero attached hydrogens (tertiary/aromatic N) is 2. The number of benzene rings is 2. The van der Waals surface area contributed by atoms with Gasteiger partial charge in [-0.05, 0) is 57.7 Å². The number of hydrogen-bond acceptors (Lipinski definition) is 6. The predicted molar refractivity (Wildman–Crippen MR) is 125 cm³/mol. The first-order chi connectivity index (χ1) is 15.4. The molecule has 0 spiro atoms. The molecule has 3 aromatic rings. The molecule has 2 aliphatic rings. The van der Waals surface area contributed by atoms with Crippen LogP contribution in [0.15, 0.2) is 42.5 Å². The first-order valence-electron chi connectivity index (χ1n) is 11.1. The molecule has 3 heterocycles. The van der Waals surface area contributed by atoms with E-state index in [1.165, 1.54) is 0 Å². The molecule has 1 amide bonds. The number of rotatable bonds is 2. The molecule has 168 valence electrons. The summed E-state index contributed by atoms with van der Waals surface area (Å²) in [7, 11) is 0. The number of likely N-dealkylation sites (tertiary alicyclic amines) is 1. The van der Waals surface area contributed by atoms with E-state index in [-0.39, 0.29) is 12.2 Å². The second-order valence-corrected chi connectivity index (χ2v) is 10.4. The van der Waals surface area contributed by atoms with E-state index < -0.39 is 5.60 Å². The summed E-state index contributed by atoms with van der Waals surface area (Å²) in [4.78, 5) is 18.9. The fourth-order valence-electron chi connectivity index (χ4n) is 4.30. The Morgan fingerprint density at radius 3 is 2.66 bits per heavy atom. The average Bonchev–Trinajstić information content (AvgIpc) is 3.22. The van der Waals surface area contributed by atoms with Gasteiger partial charge in [-0.3, -0.25) is 0 Å². The fraction of sp³-hybridized carbons (Fsp3) is 0.440. The number of carbonyl (C=O) groups is 1. The van der Waals surface area contributed by atoms with Crippen molar-refractivity contribution < 1.29 is 19.0 Å². The summed E-state index contributed by atoms with van der Waals surface area (Å²) in [5.74, 6) is 1.93. The standard InChI is InChI=1S/C25H28N2O4S/c1-25(2,3)31-24(28)27-13-11-16(12-14-27)17-7-6-9-19-22(17)29-15-20(30-19)23-26-18-8-4-5-10-21(18)32-23/h4-10,16,20H,11-15H2,1-3H3. The molecule has 6 nitrogen and oxygen atoms in total. The van der Waals surface area contributed by atoms with Gasteiger partial charge in [-0.25, -0.2) is 9.78 Å². The highest BCUT2D eigenvalue weighted by Gasteiger charge is 2.32. The van der Waals surface area contributed by atoms with Gasteiger partial charge in [0.15, 0.2) is 17.6 Å². The summed E-state index contributed by atoms with van der Waals surface area (Å²) in [5, 5.41) is 0.938. The lowest BCUT2D eigenvalue weighted by molar-refractivity contribution is 0.0203. The van der Waals surface area contributed by atoms with Gasteiger partial charge >= 0.3 is 6.09 Å². The largest absolute Gasteiger partial charge is 0.485 e. The molecule has 32 heavy (non-hydrogen) atoms. The molecule has 1 aromatic heterocycles. The van der Waals surface area contributed by atoms with Crippen molar-refractivity contribution in [3.8, 4) is 11.5 Å². The number of para-hydroxylation sites is 2. The Morgan fingerprint density at radius 1 is 1.12 bits per heavy atom. The lowest BCUT2D eigenvalue weighted by Crippen LogP contribution is -2.41. The zero-order chi connectivity index (χ0) is 22.3. The van der Waals surface area contributed by atoms with Crippen LogP contribution >= 0.6 is 11.3 Å². The van der Waals surface area contributed by atoms with Gasteiger partial charge in [-0.15, -0.1) is 11.3 Å². The van der Waals surface area contributed by atoms with E-state index in [9.17, 15) is 4.79 Å². The van der Waals surface area contributed by atoms with Crippen LogP contribution in [0.1, 0.15) is 56.2 Å². The number of piperidine rings is 1. The SMILES string of the molecule is CC(C)(C)OC(=O)N1CCC(c2cccc3c2OCC(c2nc4ccccc4s2)O3)CC1. The number of hydrogen-bond donors (Lipinski definition) is 0. The maximum atomic E-state index is 12.4. The summed E-state index contributed by atoms with van der Waals surface area (Å²) in [5.41, 5.74) is 1.68. The van der Waals surface area contributed by atoms with E-state index in [2.05, 4.69) is 12.1 Å². The van der Waals surface area contributed by atoms with Crippen LogP contribution in [0.3, 0.4) is 0 Å². The second kappa shape index (κ2) is 8.28. The molecule has 1 saturated heterocycles. The molecule has 2 aliphatic heterocycles. The zero-order valence-electron chi connectivity index (χ0n) is 18.7. The van der Waals surface area contributed by atoms with Crippen molar-refractivity contribution in [1.82, 2.24) is 9.88 Å². The summed E-state index contributed by atoms with van der Waals surface area (Å²) in [6.07, 6.45) is 1.31. The monoisotopic (exact) mass is 452 g/mol. The molecule has 0 radical (unpaired) electrons. The number of ether oxygens (including phenoxy) is 3. The van der Waals surface area contributed by atoms with E-state index in [0.717, 1.165) is 45.1 Å². The third-order valence-corrected chi connectivity index (χ3v) is 6.96. The van der Waals surface area contributed by atoms with Crippen molar-refractivity contribution in [2.24, 2.45) is 0 Å². The van der Waals surface area contributed by atoms with Gasteiger partial charge in [-0.1, -0.05) is 24.3 Å². The van der Waals surface area contributed by atoms with Crippen LogP contribution in [0.25, 0.3) is 10.2 Å². The molecule has 0 saturated carbocycles. The summed E-state index contributed by atoms with van der Waals surface area (Å²) in [6.45, 7) is 7.49. The summed E-state index contributed by atoms with van der Waals surface area (Å²) in [6, 6.07) is 14.2. The van der Waals surface area contributed by atoms with Crippen molar-refractivity contribution in [3.05, 3.63) is 53.0 Å². The van der Waals surface area contributed by atoms with Crippen molar-refractivity contribution >= 4 is 27.6 Å². The highest BCUT2D eigenvalue weighted by molar-refractivity contribution is 7.18. The van der Waals surface area contributed by atoms with Crippen molar-refractivity contribution in [3.63, 3.8) is 0 Å². The Bertz CT molecular complexity index is 1100. The van der Waals surface area contributed by atoms with E-state index in [0.29, 0.717) is 25.6 Å². The van der Waals surface area contributed by atoms with Gasteiger partial charge in [0.2, 0.25) is 0 Å². The highest BCUT2D eigenvalue weighted by atomic mass is 32.1. The number of aromatic nitrogens is 1. The summed E-state index contributed by atoms with van der Waals surface area (Å²) >= 11 is 1.65. The molecule has 7 heteroatoms. The second-order valence-electron chi connectivity index (χ2n) is 9.35. The van der Waals surface area contributed by atoms with Crippen molar-refractivity contribution in [1.29, 1.82) is 0 Å². The fourth-order valence-corrected chi connectivity index (χ4v) is 5.28. The average molecular weight is 453 g/mol. The van der Waals surface area contributed by atoms with Crippen molar-refractivity contribution in [2.45, 2.75) is 51.2 Å². The van der Waals surface area contributed by atoms with Crippen molar-refractivity contribution in [2.75, 3.05) is 19.7 Å². The highest BCUT2D eigenvalue weighted by Crippen LogP contribution is 2.44. The number of carbonyl (C=O) groups excluding carboxylic acids is 1. The smallest absolute Gasteiger partial charge is 0.410 e. The quantitative estimate of drug-likeness (QED) is 0.483. The minimum Gasteiger partial charge on any atom is -0.485 e. The third-order valence-electron chi connectivity index (χ3n) is 5.83. The van der Waals surface area contributed by atoms with Crippen LogP contribution in [0.4, 0.5) is 4.79 Å². The predicted octanol–water partition coefficient (Wildman–Crippen LogP) is 5.92.